The number of carbonyl (C=O) groups excluding carboxylic acids is 1. The van der Waals surface area contributed by atoms with Crippen LogP contribution < -0.4 is 0 Å². The van der Waals surface area contributed by atoms with E-state index in [1.807, 2.05) is 35.1 Å². The topological polar surface area (TPSA) is 70.1 Å². The zero-order valence-electron chi connectivity index (χ0n) is 16.4. The number of amides is 1. The molecule has 7 nitrogen and oxygen atoms in total. The van der Waals surface area contributed by atoms with Crippen LogP contribution in [0.5, 0.6) is 0 Å². The molecule has 1 fully saturated rings. The molecule has 0 bridgehead atoms. The van der Waals surface area contributed by atoms with Crippen LogP contribution in [0.3, 0.4) is 0 Å². The number of carbonyl (C=O) groups is 1. The third-order valence-electron chi connectivity index (χ3n) is 6.16. The van der Waals surface area contributed by atoms with E-state index in [4.69, 9.17) is 4.98 Å². The first-order valence-corrected chi connectivity index (χ1v) is 10.2. The molecule has 0 unspecified atom stereocenters. The number of fused-ring (bicyclic) bond motifs is 2. The molecule has 146 valence electrons. The van der Waals surface area contributed by atoms with Gasteiger partial charge in [-0.3, -0.25) is 14.4 Å². The molecule has 1 spiro atoms. The monoisotopic (exact) mass is 370 g/mol. The molecule has 0 atom stereocenters. The summed E-state index contributed by atoms with van der Waals surface area (Å²) in [7, 11) is 0. The van der Waals surface area contributed by atoms with Crippen LogP contribution in [0.4, 0.5) is 0 Å². The van der Waals surface area contributed by atoms with Crippen molar-refractivity contribution in [1.29, 1.82) is 0 Å². The largest absolute Gasteiger partial charge is 0.348 e. The van der Waals surface area contributed by atoms with Crippen molar-refractivity contribution in [2.45, 2.75) is 58.0 Å². The first-order chi connectivity index (χ1) is 13.1. The lowest BCUT2D eigenvalue weighted by Gasteiger charge is -2.50. The average Bonchev–Trinajstić information content (AvgIpc) is 3.32. The number of piperidine rings is 1. The fourth-order valence-corrected chi connectivity index (χ4v) is 4.75. The zero-order valence-corrected chi connectivity index (χ0v) is 16.4. The van der Waals surface area contributed by atoms with E-state index in [2.05, 4.69) is 21.9 Å². The van der Waals surface area contributed by atoms with Crippen molar-refractivity contribution in [2.75, 3.05) is 26.2 Å². The summed E-state index contributed by atoms with van der Waals surface area (Å²) in [4.78, 5) is 25.4. The van der Waals surface area contributed by atoms with Gasteiger partial charge in [0.1, 0.15) is 0 Å². The standard InChI is InChI=1S/C20H30N6O/c1-3-9-25-10-5-17-19(22-15-21-17)20(25)7-13-24(14-8-20)18(27)6-12-26-11-4-16(2)23-26/h4,11,15H,3,5-10,12-14H2,1-2H3,(H,21,22). The van der Waals surface area contributed by atoms with Crippen LogP contribution in [-0.4, -0.2) is 61.6 Å². The van der Waals surface area contributed by atoms with Gasteiger partial charge in [0.05, 0.1) is 23.3 Å². The van der Waals surface area contributed by atoms with Gasteiger partial charge in [-0.25, -0.2) is 4.98 Å². The summed E-state index contributed by atoms with van der Waals surface area (Å²) < 4.78 is 1.86. The average molecular weight is 371 g/mol. The lowest BCUT2D eigenvalue weighted by molar-refractivity contribution is -0.134. The highest BCUT2D eigenvalue weighted by atomic mass is 16.2. The summed E-state index contributed by atoms with van der Waals surface area (Å²) in [6.45, 7) is 8.66. The van der Waals surface area contributed by atoms with Gasteiger partial charge in [0.15, 0.2) is 0 Å². The van der Waals surface area contributed by atoms with Gasteiger partial charge in [0, 0.05) is 50.9 Å². The lowest BCUT2D eigenvalue weighted by atomic mass is 9.78. The van der Waals surface area contributed by atoms with E-state index in [-0.39, 0.29) is 11.4 Å². The Balaban J connectivity index is 1.41. The number of aromatic amines is 1. The van der Waals surface area contributed by atoms with E-state index in [0.29, 0.717) is 13.0 Å². The molecule has 0 aromatic carbocycles. The van der Waals surface area contributed by atoms with E-state index < -0.39 is 0 Å². The number of nitrogens with zero attached hydrogens (tertiary/aromatic N) is 5. The number of rotatable bonds is 5. The summed E-state index contributed by atoms with van der Waals surface area (Å²) in [5.74, 6) is 0.234. The molecule has 1 N–H and O–H groups in total. The van der Waals surface area contributed by atoms with Gasteiger partial charge >= 0.3 is 0 Å². The SMILES string of the molecule is CCCN1CCc2[nH]cnc2C12CCN(C(=O)CCn1ccc(C)n1)CC2. The number of likely N-dealkylation sites (tertiary alicyclic amines) is 1. The molecule has 2 aromatic heterocycles. The van der Waals surface area contributed by atoms with Crippen LogP contribution in [0.25, 0.3) is 0 Å². The van der Waals surface area contributed by atoms with Crippen LogP contribution in [0, 0.1) is 6.92 Å². The summed E-state index contributed by atoms with van der Waals surface area (Å²) in [6.07, 6.45) is 8.43. The fourth-order valence-electron chi connectivity index (χ4n) is 4.75. The molecule has 2 aromatic rings. The van der Waals surface area contributed by atoms with Crippen molar-refractivity contribution in [3.8, 4) is 0 Å². The molecule has 27 heavy (non-hydrogen) atoms. The van der Waals surface area contributed by atoms with E-state index in [1.165, 1.54) is 11.4 Å². The minimum atomic E-state index is -0.000527. The Morgan fingerprint density at radius 1 is 1.26 bits per heavy atom. The number of nitrogens with one attached hydrogen (secondary N) is 1. The Morgan fingerprint density at radius 3 is 2.78 bits per heavy atom. The molecule has 2 aliphatic heterocycles. The molecular weight excluding hydrogens is 340 g/mol. The maximum absolute atomic E-state index is 12.7. The molecule has 1 saturated heterocycles. The fraction of sp³-hybridized carbons (Fsp3) is 0.650. The minimum absolute atomic E-state index is 0.000527. The highest BCUT2D eigenvalue weighted by Crippen LogP contribution is 2.42. The highest BCUT2D eigenvalue weighted by molar-refractivity contribution is 5.76. The number of aromatic nitrogens is 4. The Kier molecular flexibility index (Phi) is 5.04. The van der Waals surface area contributed by atoms with Crippen molar-refractivity contribution in [3.05, 3.63) is 35.7 Å². The third kappa shape index (κ3) is 3.40. The normalized spacial score (nSPS) is 19.4. The third-order valence-corrected chi connectivity index (χ3v) is 6.16. The Hall–Kier alpha value is -2.15. The smallest absolute Gasteiger partial charge is 0.224 e. The number of aryl methyl sites for hydroxylation is 2. The van der Waals surface area contributed by atoms with Gasteiger partial charge in [-0.05, 0) is 38.8 Å². The Labute approximate surface area is 160 Å². The molecular formula is C20H30N6O. The Bertz CT molecular complexity index is 786. The van der Waals surface area contributed by atoms with Crippen molar-refractivity contribution in [1.82, 2.24) is 29.5 Å². The van der Waals surface area contributed by atoms with Crippen LogP contribution in [-0.2, 0) is 23.3 Å². The van der Waals surface area contributed by atoms with Crippen LogP contribution in [0.15, 0.2) is 18.6 Å². The molecule has 4 rings (SSSR count). The van der Waals surface area contributed by atoms with Crippen molar-refractivity contribution >= 4 is 5.91 Å². The number of imidazole rings is 1. The molecule has 4 heterocycles. The zero-order chi connectivity index (χ0) is 18.9. The van der Waals surface area contributed by atoms with Crippen molar-refractivity contribution in [3.63, 3.8) is 0 Å². The van der Waals surface area contributed by atoms with Crippen molar-refractivity contribution in [2.24, 2.45) is 0 Å². The summed E-state index contributed by atoms with van der Waals surface area (Å²) in [6, 6.07) is 1.97. The van der Waals surface area contributed by atoms with Gasteiger partial charge in [0.2, 0.25) is 5.91 Å². The highest BCUT2D eigenvalue weighted by Gasteiger charge is 2.46. The van der Waals surface area contributed by atoms with E-state index in [1.54, 1.807) is 0 Å². The van der Waals surface area contributed by atoms with E-state index >= 15 is 0 Å². The number of hydrogen-bond donors (Lipinski definition) is 1. The van der Waals surface area contributed by atoms with Gasteiger partial charge in [-0.1, -0.05) is 6.92 Å². The molecule has 2 aliphatic rings. The predicted molar refractivity (Wildman–Crippen MR) is 103 cm³/mol. The van der Waals surface area contributed by atoms with Crippen LogP contribution >= 0.6 is 0 Å². The van der Waals surface area contributed by atoms with Crippen molar-refractivity contribution < 1.29 is 4.79 Å². The summed E-state index contributed by atoms with van der Waals surface area (Å²) in [5.41, 5.74) is 3.50. The second-order valence-electron chi connectivity index (χ2n) is 7.85. The Morgan fingerprint density at radius 2 is 2.07 bits per heavy atom. The predicted octanol–water partition coefficient (Wildman–Crippen LogP) is 2.09. The van der Waals surface area contributed by atoms with Gasteiger partial charge < -0.3 is 9.88 Å². The molecule has 1 amide bonds. The maximum Gasteiger partial charge on any atom is 0.224 e. The minimum Gasteiger partial charge on any atom is -0.348 e. The van der Waals surface area contributed by atoms with Crippen LogP contribution in [0.2, 0.25) is 0 Å². The molecule has 0 saturated carbocycles. The first-order valence-electron chi connectivity index (χ1n) is 10.2. The summed E-state index contributed by atoms with van der Waals surface area (Å²) >= 11 is 0. The second kappa shape index (κ2) is 7.46. The quantitative estimate of drug-likeness (QED) is 0.875. The van der Waals surface area contributed by atoms with E-state index in [9.17, 15) is 4.79 Å². The molecule has 7 heteroatoms. The first kappa shape index (κ1) is 18.2. The second-order valence-corrected chi connectivity index (χ2v) is 7.85. The van der Waals surface area contributed by atoms with Crippen LogP contribution in [0.1, 0.15) is 49.7 Å². The van der Waals surface area contributed by atoms with Gasteiger partial charge in [0.25, 0.3) is 0 Å². The maximum atomic E-state index is 12.7. The lowest BCUT2D eigenvalue weighted by Crippen LogP contribution is -2.57. The summed E-state index contributed by atoms with van der Waals surface area (Å²) in [5, 5.41) is 4.37. The van der Waals surface area contributed by atoms with E-state index in [0.717, 1.165) is 57.6 Å². The molecule has 0 aliphatic carbocycles. The van der Waals surface area contributed by atoms with Gasteiger partial charge in [-0.15, -0.1) is 0 Å². The molecule has 0 radical (unpaired) electrons. The number of hydrogen-bond acceptors (Lipinski definition) is 4. The number of H-pyrrole nitrogens is 1. The van der Waals surface area contributed by atoms with Gasteiger partial charge in [-0.2, -0.15) is 5.10 Å².